The summed E-state index contributed by atoms with van der Waals surface area (Å²) in [4.78, 5) is 36.8. The molecule has 3 N–H and O–H groups in total. The molecular formula is C22H18F3N5O3S. The SMILES string of the molecule is Cc1ccc(NC(=O)c2cnc(CNC(=O)c3cc(C#CCCO)ncn3)s2)cc1C(F)(F)F. The van der Waals surface area contributed by atoms with Crippen molar-refractivity contribution in [2.75, 3.05) is 11.9 Å². The minimum absolute atomic E-state index is 0.00725. The van der Waals surface area contributed by atoms with E-state index < -0.39 is 23.6 Å². The summed E-state index contributed by atoms with van der Waals surface area (Å²) in [7, 11) is 0. The number of alkyl halides is 3. The van der Waals surface area contributed by atoms with Crippen LogP contribution < -0.4 is 10.6 Å². The number of carbonyl (C=O) groups is 2. The largest absolute Gasteiger partial charge is 0.416 e. The molecule has 0 radical (unpaired) electrons. The van der Waals surface area contributed by atoms with Crippen molar-refractivity contribution in [1.82, 2.24) is 20.3 Å². The molecule has 0 aliphatic rings. The maximum Gasteiger partial charge on any atom is 0.416 e. The zero-order valence-corrected chi connectivity index (χ0v) is 18.5. The van der Waals surface area contributed by atoms with E-state index in [2.05, 4.69) is 37.4 Å². The second-order valence-electron chi connectivity index (χ2n) is 6.85. The van der Waals surface area contributed by atoms with Crippen molar-refractivity contribution < 1.29 is 27.9 Å². The van der Waals surface area contributed by atoms with Crippen molar-refractivity contribution in [3.8, 4) is 11.8 Å². The normalized spacial score (nSPS) is 10.9. The number of aryl methyl sites for hydroxylation is 1. The Hall–Kier alpha value is -3.82. The number of nitrogens with one attached hydrogen (secondary N) is 2. The first-order valence-electron chi connectivity index (χ1n) is 9.81. The van der Waals surface area contributed by atoms with Crippen LogP contribution in [0.3, 0.4) is 0 Å². The van der Waals surface area contributed by atoms with Gasteiger partial charge in [-0.3, -0.25) is 9.59 Å². The minimum atomic E-state index is -4.53. The summed E-state index contributed by atoms with van der Waals surface area (Å²) in [6.07, 6.45) is -1.78. The zero-order valence-electron chi connectivity index (χ0n) is 17.7. The number of halogens is 3. The monoisotopic (exact) mass is 489 g/mol. The van der Waals surface area contributed by atoms with Crippen molar-refractivity contribution in [3.05, 3.63) is 69.2 Å². The molecule has 2 aromatic heterocycles. The van der Waals surface area contributed by atoms with E-state index in [4.69, 9.17) is 5.11 Å². The third kappa shape index (κ3) is 6.60. The predicted octanol–water partition coefficient (Wildman–Crippen LogP) is 3.18. The van der Waals surface area contributed by atoms with Crippen molar-refractivity contribution in [1.29, 1.82) is 0 Å². The molecule has 0 aliphatic carbocycles. The maximum atomic E-state index is 13.1. The Balaban J connectivity index is 1.61. The van der Waals surface area contributed by atoms with Gasteiger partial charge in [-0.15, -0.1) is 11.3 Å². The van der Waals surface area contributed by atoms with E-state index in [0.717, 1.165) is 17.4 Å². The predicted molar refractivity (Wildman–Crippen MR) is 118 cm³/mol. The number of hydrogen-bond acceptors (Lipinski definition) is 7. The van der Waals surface area contributed by atoms with Gasteiger partial charge >= 0.3 is 6.18 Å². The summed E-state index contributed by atoms with van der Waals surface area (Å²) in [6.45, 7) is 1.26. The van der Waals surface area contributed by atoms with Crippen LogP contribution in [0.4, 0.5) is 18.9 Å². The molecule has 176 valence electrons. The van der Waals surface area contributed by atoms with E-state index in [1.54, 1.807) is 0 Å². The first-order chi connectivity index (χ1) is 16.2. The van der Waals surface area contributed by atoms with Crippen LogP contribution in [0.5, 0.6) is 0 Å². The second-order valence-corrected chi connectivity index (χ2v) is 7.96. The number of nitrogens with zero attached hydrogens (tertiary/aromatic N) is 3. The highest BCUT2D eigenvalue weighted by Gasteiger charge is 2.32. The molecule has 0 atom stereocenters. The van der Waals surface area contributed by atoms with E-state index in [0.29, 0.717) is 10.7 Å². The Kier molecular flexibility index (Phi) is 7.93. The summed E-state index contributed by atoms with van der Waals surface area (Å²) in [6, 6.07) is 4.94. The molecular weight excluding hydrogens is 471 g/mol. The van der Waals surface area contributed by atoms with E-state index in [9.17, 15) is 22.8 Å². The topological polar surface area (TPSA) is 117 Å². The number of aliphatic hydroxyl groups excluding tert-OH is 1. The zero-order chi connectivity index (χ0) is 24.7. The van der Waals surface area contributed by atoms with Gasteiger partial charge in [0.25, 0.3) is 11.8 Å². The van der Waals surface area contributed by atoms with Gasteiger partial charge in [0.05, 0.1) is 24.9 Å². The van der Waals surface area contributed by atoms with Gasteiger partial charge in [0.1, 0.15) is 27.6 Å². The molecule has 1 aromatic carbocycles. The van der Waals surface area contributed by atoms with Crippen molar-refractivity contribution in [2.24, 2.45) is 0 Å². The van der Waals surface area contributed by atoms with E-state index in [1.807, 2.05) is 0 Å². The maximum absolute atomic E-state index is 13.1. The lowest BCUT2D eigenvalue weighted by Crippen LogP contribution is -2.24. The van der Waals surface area contributed by atoms with Crippen LogP contribution in [0, 0.1) is 18.8 Å². The number of rotatable bonds is 6. The number of aliphatic hydroxyl groups is 1. The molecule has 0 bridgehead atoms. The standard InChI is InChI=1S/C22H18F3N5O3S/c1-13-5-6-15(8-16(13)22(23,24)25)30-21(33)18-10-26-19(34-18)11-27-20(32)17-9-14(28-12-29-17)4-2-3-7-31/h5-6,8-10,12,31H,3,7,11H2,1H3,(H,27,32)(H,30,33). The third-order valence-corrected chi connectivity index (χ3v) is 5.33. The van der Waals surface area contributed by atoms with E-state index in [-0.39, 0.29) is 41.4 Å². The van der Waals surface area contributed by atoms with Gasteiger partial charge in [0.2, 0.25) is 0 Å². The van der Waals surface area contributed by atoms with Crippen LogP contribution in [0.25, 0.3) is 0 Å². The van der Waals surface area contributed by atoms with Gasteiger partial charge in [-0.2, -0.15) is 13.2 Å². The summed E-state index contributed by atoms with van der Waals surface area (Å²) >= 11 is 0.988. The molecule has 0 saturated carbocycles. The van der Waals surface area contributed by atoms with Crippen molar-refractivity contribution in [2.45, 2.75) is 26.1 Å². The lowest BCUT2D eigenvalue weighted by Gasteiger charge is -2.12. The fourth-order valence-corrected chi connectivity index (χ4v) is 3.45. The average molecular weight is 489 g/mol. The molecule has 0 aliphatic heterocycles. The van der Waals surface area contributed by atoms with Crippen LogP contribution in [-0.2, 0) is 12.7 Å². The Morgan fingerprint density at radius 3 is 2.68 bits per heavy atom. The number of amides is 2. The van der Waals surface area contributed by atoms with E-state index in [1.165, 1.54) is 37.6 Å². The fourth-order valence-electron chi connectivity index (χ4n) is 2.70. The number of anilines is 1. The van der Waals surface area contributed by atoms with Gasteiger partial charge < -0.3 is 15.7 Å². The highest BCUT2D eigenvalue weighted by Crippen LogP contribution is 2.33. The fraction of sp³-hybridized carbons (Fsp3) is 0.227. The average Bonchev–Trinajstić information content (AvgIpc) is 3.28. The Bertz CT molecular complexity index is 1260. The third-order valence-electron chi connectivity index (χ3n) is 4.33. The molecule has 0 spiro atoms. The van der Waals surface area contributed by atoms with Gasteiger partial charge in [-0.05, 0) is 30.5 Å². The Labute approximate surface area is 196 Å². The number of benzene rings is 1. The summed E-state index contributed by atoms with van der Waals surface area (Å²) in [5.74, 6) is 4.28. The van der Waals surface area contributed by atoms with Crippen LogP contribution in [0.2, 0.25) is 0 Å². The number of carbonyl (C=O) groups excluding carboxylic acids is 2. The molecule has 2 amide bonds. The van der Waals surface area contributed by atoms with E-state index >= 15 is 0 Å². The van der Waals surface area contributed by atoms with Crippen LogP contribution in [0.15, 0.2) is 36.8 Å². The van der Waals surface area contributed by atoms with Gasteiger partial charge in [0, 0.05) is 18.2 Å². The number of aromatic nitrogens is 3. The lowest BCUT2D eigenvalue weighted by atomic mass is 10.1. The number of thiazole rings is 1. The molecule has 0 unspecified atom stereocenters. The second kappa shape index (κ2) is 10.9. The van der Waals surface area contributed by atoms with Crippen LogP contribution >= 0.6 is 11.3 Å². The molecule has 34 heavy (non-hydrogen) atoms. The molecule has 3 rings (SSSR count). The molecule has 3 aromatic rings. The first kappa shape index (κ1) is 24.8. The van der Waals surface area contributed by atoms with Gasteiger partial charge in [0.15, 0.2) is 0 Å². The smallest absolute Gasteiger partial charge is 0.395 e. The summed E-state index contributed by atoms with van der Waals surface area (Å²) in [5, 5.41) is 14.2. The molecule has 8 nitrogen and oxygen atoms in total. The summed E-state index contributed by atoms with van der Waals surface area (Å²) in [5.41, 5.74) is -0.364. The van der Waals surface area contributed by atoms with Gasteiger partial charge in [-0.1, -0.05) is 12.0 Å². The highest BCUT2D eigenvalue weighted by atomic mass is 32.1. The Morgan fingerprint density at radius 2 is 1.94 bits per heavy atom. The van der Waals surface area contributed by atoms with Crippen LogP contribution in [0.1, 0.15) is 48.4 Å². The quantitative estimate of drug-likeness (QED) is 0.458. The number of hydrogen-bond donors (Lipinski definition) is 3. The lowest BCUT2D eigenvalue weighted by molar-refractivity contribution is -0.138. The first-order valence-corrected chi connectivity index (χ1v) is 10.6. The van der Waals surface area contributed by atoms with Crippen molar-refractivity contribution in [3.63, 3.8) is 0 Å². The summed E-state index contributed by atoms with van der Waals surface area (Å²) < 4.78 is 39.2. The molecule has 2 heterocycles. The Morgan fingerprint density at radius 1 is 1.15 bits per heavy atom. The molecule has 0 fully saturated rings. The minimum Gasteiger partial charge on any atom is -0.395 e. The van der Waals surface area contributed by atoms with Gasteiger partial charge in [-0.25, -0.2) is 15.0 Å². The van der Waals surface area contributed by atoms with Crippen LogP contribution in [-0.4, -0.2) is 38.5 Å². The molecule has 0 saturated heterocycles. The molecule has 12 heteroatoms. The van der Waals surface area contributed by atoms with Crippen molar-refractivity contribution >= 4 is 28.8 Å². The highest BCUT2D eigenvalue weighted by molar-refractivity contribution is 7.13.